The van der Waals surface area contributed by atoms with E-state index < -0.39 is 27.3 Å². The summed E-state index contributed by atoms with van der Waals surface area (Å²) < 4.78 is 40.6. The summed E-state index contributed by atoms with van der Waals surface area (Å²) in [5.74, 6) is -2.07. The maximum absolute atomic E-state index is 14.8. The Hall–Kier alpha value is -3.20. The van der Waals surface area contributed by atoms with Crippen molar-refractivity contribution in [3.05, 3.63) is 93.3 Å². The fourth-order valence-electron chi connectivity index (χ4n) is 3.26. The van der Waals surface area contributed by atoms with Crippen LogP contribution in [-0.4, -0.2) is 30.4 Å². The normalized spacial score (nSPS) is 11.9. The summed E-state index contributed by atoms with van der Waals surface area (Å²) in [6, 6.07) is 16.9. The summed E-state index contributed by atoms with van der Waals surface area (Å²) in [6.45, 7) is 0. The van der Waals surface area contributed by atoms with Gasteiger partial charge in [0, 0.05) is 16.5 Å². The third kappa shape index (κ3) is 5.08. The highest BCUT2D eigenvalue weighted by Crippen LogP contribution is 2.31. The molecule has 0 fully saturated rings. The first-order valence-corrected chi connectivity index (χ1v) is 12.2. The topological polar surface area (TPSA) is 81.1 Å². The van der Waals surface area contributed by atoms with Gasteiger partial charge in [-0.05, 0) is 35.9 Å². The average Bonchev–Trinajstić information content (AvgIpc) is 3.10. The quantitative estimate of drug-likeness (QED) is 0.399. The molecule has 0 aliphatic carbocycles. The van der Waals surface area contributed by atoms with Gasteiger partial charge >= 0.3 is 0 Å². The number of benzene rings is 3. The molecule has 0 spiro atoms. The Kier molecular flexibility index (Phi) is 6.25. The molecule has 4 aromatic rings. The molecule has 0 aliphatic rings. The van der Waals surface area contributed by atoms with Crippen molar-refractivity contribution in [3.63, 3.8) is 0 Å². The number of carbonyl (C=O) groups is 1. The van der Waals surface area contributed by atoms with Crippen molar-refractivity contribution in [1.29, 1.82) is 0 Å². The van der Waals surface area contributed by atoms with Crippen molar-refractivity contribution in [2.75, 3.05) is 6.26 Å². The van der Waals surface area contributed by atoms with E-state index in [0.29, 0.717) is 21.6 Å². The van der Waals surface area contributed by atoms with Gasteiger partial charge in [-0.25, -0.2) is 22.2 Å². The van der Waals surface area contributed by atoms with Gasteiger partial charge in [0.1, 0.15) is 5.82 Å². The Bertz CT molecular complexity index is 1520. The minimum absolute atomic E-state index is 0.00740. The highest BCUT2D eigenvalue weighted by molar-refractivity contribution is 7.89. The average molecular weight is 504 g/mol. The zero-order valence-corrected chi connectivity index (χ0v) is 19.4. The number of fused-ring (bicyclic) bond motifs is 1. The molecule has 0 atom stereocenters. The van der Waals surface area contributed by atoms with Gasteiger partial charge in [-0.15, -0.1) is 0 Å². The van der Waals surface area contributed by atoms with Gasteiger partial charge in [0.2, 0.25) is 10.0 Å². The molecule has 0 aliphatic heterocycles. The maximum Gasteiger partial charge on any atom is 0.267 e. The van der Waals surface area contributed by atoms with Gasteiger partial charge in [0.25, 0.3) is 5.91 Å². The second kappa shape index (κ2) is 8.97. The minimum atomic E-state index is -3.87. The smallest absolute Gasteiger partial charge is 0.267 e. The summed E-state index contributed by atoms with van der Waals surface area (Å²) in [7, 11) is -3.87. The number of rotatable bonds is 5. The molecular formula is C23H16Cl2FN3O3S. The first-order chi connectivity index (χ1) is 15.6. The minimum Gasteiger partial charge on any atom is -0.268 e. The molecule has 168 valence electrons. The van der Waals surface area contributed by atoms with Crippen LogP contribution in [0.2, 0.25) is 10.0 Å². The molecular weight excluding hydrogens is 488 g/mol. The number of nitrogens with zero attached hydrogens (tertiary/aromatic N) is 2. The molecule has 0 saturated heterocycles. The van der Waals surface area contributed by atoms with E-state index in [2.05, 4.69) is 5.10 Å². The molecule has 0 saturated carbocycles. The number of hydrogen-bond donors (Lipinski definition) is 1. The van der Waals surface area contributed by atoms with E-state index in [0.717, 1.165) is 24.0 Å². The van der Waals surface area contributed by atoms with Crippen LogP contribution in [0, 0.1) is 5.82 Å². The SMILES string of the molecule is CS(=O)(=O)NC(=O)c1cc(Cl)c(-n2nc(C=Cc3ccccc3)c3cc(Cl)ccc32)cc1F. The van der Waals surface area contributed by atoms with Crippen LogP contribution in [0.5, 0.6) is 0 Å². The van der Waals surface area contributed by atoms with E-state index in [1.165, 1.54) is 4.68 Å². The number of aromatic nitrogens is 2. The fourth-order valence-corrected chi connectivity index (χ4v) is 4.12. The van der Waals surface area contributed by atoms with E-state index >= 15 is 0 Å². The largest absolute Gasteiger partial charge is 0.268 e. The Morgan fingerprint density at radius 1 is 1.06 bits per heavy atom. The van der Waals surface area contributed by atoms with Gasteiger partial charge in [-0.2, -0.15) is 5.10 Å². The van der Waals surface area contributed by atoms with Crippen molar-refractivity contribution >= 4 is 62.2 Å². The first-order valence-electron chi connectivity index (χ1n) is 9.55. The molecule has 4 rings (SSSR count). The lowest BCUT2D eigenvalue weighted by atomic mass is 10.1. The van der Waals surface area contributed by atoms with Crippen LogP contribution in [0.3, 0.4) is 0 Å². The monoisotopic (exact) mass is 503 g/mol. The number of amides is 1. The number of hydrogen-bond acceptors (Lipinski definition) is 4. The second-order valence-electron chi connectivity index (χ2n) is 7.19. The van der Waals surface area contributed by atoms with Crippen molar-refractivity contribution in [2.24, 2.45) is 0 Å². The van der Waals surface area contributed by atoms with E-state index in [4.69, 9.17) is 23.2 Å². The van der Waals surface area contributed by atoms with Crippen LogP contribution in [-0.2, 0) is 10.0 Å². The van der Waals surface area contributed by atoms with E-state index in [9.17, 15) is 17.6 Å². The summed E-state index contributed by atoms with van der Waals surface area (Å²) in [5, 5.41) is 5.80. The number of halogens is 3. The molecule has 33 heavy (non-hydrogen) atoms. The summed E-state index contributed by atoms with van der Waals surface area (Å²) >= 11 is 12.6. The molecule has 6 nitrogen and oxygen atoms in total. The summed E-state index contributed by atoms with van der Waals surface area (Å²) in [5.41, 5.74) is 1.83. The van der Waals surface area contributed by atoms with Crippen molar-refractivity contribution in [1.82, 2.24) is 14.5 Å². The second-order valence-corrected chi connectivity index (χ2v) is 9.78. The third-order valence-corrected chi connectivity index (χ3v) is 5.79. The third-order valence-electron chi connectivity index (χ3n) is 4.69. The standard InChI is InChI=1S/C23H16Cl2FN3O3S/c1-33(31,32)28-23(30)16-12-18(25)22(13-19(16)26)29-21-10-8-15(24)11-17(21)20(27-29)9-7-14-5-3-2-4-6-14/h2-13H,1H3,(H,28,30). The van der Waals surface area contributed by atoms with E-state index in [1.54, 1.807) is 22.9 Å². The van der Waals surface area contributed by atoms with Gasteiger partial charge in [-0.1, -0.05) is 59.6 Å². The maximum atomic E-state index is 14.8. The predicted octanol–water partition coefficient (Wildman–Crippen LogP) is 5.33. The van der Waals surface area contributed by atoms with Crippen LogP contribution in [0.25, 0.3) is 28.7 Å². The highest BCUT2D eigenvalue weighted by Gasteiger charge is 2.20. The van der Waals surface area contributed by atoms with Crippen LogP contribution in [0.4, 0.5) is 4.39 Å². The zero-order chi connectivity index (χ0) is 23.8. The molecule has 0 radical (unpaired) electrons. The van der Waals surface area contributed by atoms with Gasteiger partial charge in [0.05, 0.1) is 33.7 Å². The van der Waals surface area contributed by atoms with Crippen LogP contribution in [0.15, 0.2) is 60.7 Å². The molecule has 10 heteroatoms. The lowest BCUT2D eigenvalue weighted by Gasteiger charge is -2.10. The van der Waals surface area contributed by atoms with Crippen molar-refractivity contribution in [2.45, 2.75) is 0 Å². The van der Waals surface area contributed by atoms with Crippen LogP contribution >= 0.6 is 23.2 Å². The lowest BCUT2D eigenvalue weighted by Crippen LogP contribution is -2.30. The van der Waals surface area contributed by atoms with E-state index in [-0.39, 0.29) is 10.7 Å². The highest BCUT2D eigenvalue weighted by atomic mass is 35.5. The predicted molar refractivity (Wildman–Crippen MR) is 129 cm³/mol. The Labute approximate surface area is 199 Å². The van der Waals surface area contributed by atoms with Crippen LogP contribution in [0.1, 0.15) is 21.6 Å². The Balaban J connectivity index is 1.82. The molecule has 1 heterocycles. The molecule has 1 amide bonds. The van der Waals surface area contributed by atoms with Gasteiger partial charge in [0.15, 0.2) is 0 Å². The number of carbonyl (C=O) groups excluding carboxylic acids is 1. The molecule has 1 aromatic heterocycles. The summed E-state index contributed by atoms with van der Waals surface area (Å²) in [4.78, 5) is 12.1. The Morgan fingerprint density at radius 2 is 1.79 bits per heavy atom. The van der Waals surface area contributed by atoms with Crippen molar-refractivity contribution < 1.29 is 17.6 Å². The zero-order valence-electron chi connectivity index (χ0n) is 17.1. The fraction of sp³-hybridized carbons (Fsp3) is 0.0435. The van der Waals surface area contributed by atoms with Crippen LogP contribution < -0.4 is 4.72 Å². The lowest BCUT2D eigenvalue weighted by molar-refractivity contribution is 0.0978. The number of nitrogens with one attached hydrogen (secondary N) is 1. The molecule has 3 aromatic carbocycles. The number of sulfonamides is 1. The van der Waals surface area contributed by atoms with Gasteiger partial charge < -0.3 is 0 Å². The molecule has 0 bridgehead atoms. The molecule has 0 unspecified atom stereocenters. The van der Waals surface area contributed by atoms with Crippen molar-refractivity contribution in [3.8, 4) is 5.69 Å². The molecule has 1 N–H and O–H groups in total. The Morgan fingerprint density at radius 3 is 2.48 bits per heavy atom. The van der Waals surface area contributed by atoms with E-state index in [1.807, 2.05) is 42.5 Å². The van der Waals surface area contributed by atoms with Gasteiger partial charge in [-0.3, -0.25) is 4.79 Å². The summed E-state index contributed by atoms with van der Waals surface area (Å²) in [6.07, 6.45) is 4.49. The first kappa shape index (κ1) is 23.0.